The fraction of sp³-hybridized carbons (Fsp3) is 0.364. The molecular weight excluding hydrogens is 437 g/mol. The maximum Gasteiger partial charge on any atom is 0.261 e. The molecule has 0 aromatic heterocycles. The zero-order valence-electron chi connectivity index (χ0n) is 17.7. The molecule has 1 fully saturated rings. The van der Waals surface area contributed by atoms with E-state index in [1.807, 2.05) is 0 Å². The van der Waals surface area contributed by atoms with Gasteiger partial charge in [-0.05, 0) is 55.3 Å². The van der Waals surface area contributed by atoms with Crippen molar-refractivity contribution in [2.24, 2.45) is 5.92 Å². The number of sulfonamides is 1. The lowest BCUT2D eigenvalue weighted by Crippen LogP contribution is -2.43. The van der Waals surface area contributed by atoms with Crippen LogP contribution in [0.2, 0.25) is 0 Å². The van der Waals surface area contributed by atoms with Crippen LogP contribution in [0.15, 0.2) is 53.4 Å². The van der Waals surface area contributed by atoms with Crippen LogP contribution in [-0.4, -0.2) is 58.5 Å². The molecule has 0 bridgehead atoms. The van der Waals surface area contributed by atoms with Gasteiger partial charge >= 0.3 is 0 Å². The van der Waals surface area contributed by atoms with Gasteiger partial charge in [-0.3, -0.25) is 14.3 Å². The second-order valence-corrected chi connectivity index (χ2v) is 9.17. The summed E-state index contributed by atoms with van der Waals surface area (Å²) < 4.78 is 45.4. The standard InChI is InChI=1S/C22H26FN3O5S/c1-31-14-11-24-21(27)16-9-12-26(13-10-16)22(28)17-3-2-4-19(15-17)25-32(29,30)20-7-5-18(23)6-8-20/h2-8,15-16,25H,9-14H2,1H3,(H,24,27). The Morgan fingerprint density at radius 1 is 1.12 bits per heavy atom. The molecule has 2 amide bonds. The third-order valence-electron chi connectivity index (χ3n) is 5.24. The Morgan fingerprint density at radius 3 is 2.47 bits per heavy atom. The van der Waals surface area contributed by atoms with Crippen LogP contribution in [0.25, 0.3) is 0 Å². The van der Waals surface area contributed by atoms with E-state index in [2.05, 4.69) is 10.0 Å². The molecule has 1 aliphatic rings. The van der Waals surface area contributed by atoms with Gasteiger partial charge < -0.3 is 15.0 Å². The zero-order chi connectivity index (χ0) is 23.1. The van der Waals surface area contributed by atoms with Crippen molar-refractivity contribution in [1.29, 1.82) is 0 Å². The van der Waals surface area contributed by atoms with Crippen LogP contribution in [0.1, 0.15) is 23.2 Å². The molecule has 0 unspecified atom stereocenters. The minimum absolute atomic E-state index is 0.0358. The third-order valence-corrected chi connectivity index (χ3v) is 6.64. The first-order chi connectivity index (χ1) is 15.3. The van der Waals surface area contributed by atoms with E-state index in [0.717, 1.165) is 12.1 Å². The average Bonchev–Trinajstić information content (AvgIpc) is 2.79. The van der Waals surface area contributed by atoms with Gasteiger partial charge in [-0.2, -0.15) is 0 Å². The number of amides is 2. The number of piperidine rings is 1. The number of carbonyl (C=O) groups excluding carboxylic acids is 2. The Bertz CT molecular complexity index is 1050. The van der Waals surface area contributed by atoms with Crippen LogP contribution in [0.3, 0.4) is 0 Å². The Labute approximate surface area is 186 Å². The molecule has 0 saturated carbocycles. The van der Waals surface area contributed by atoms with Crippen molar-refractivity contribution < 1.29 is 27.1 Å². The number of methoxy groups -OCH3 is 1. The Balaban J connectivity index is 1.61. The first-order valence-electron chi connectivity index (χ1n) is 10.2. The predicted octanol–water partition coefficient (Wildman–Crippen LogP) is 2.24. The van der Waals surface area contributed by atoms with E-state index in [-0.39, 0.29) is 28.3 Å². The molecule has 1 aliphatic heterocycles. The van der Waals surface area contributed by atoms with Gasteiger partial charge in [-0.25, -0.2) is 12.8 Å². The normalized spacial score (nSPS) is 14.8. The van der Waals surface area contributed by atoms with Crippen molar-refractivity contribution >= 4 is 27.5 Å². The van der Waals surface area contributed by atoms with E-state index in [9.17, 15) is 22.4 Å². The minimum Gasteiger partial charge on any atom is -0.383 e. The van der Waals surface area contributed by atoms with E-state index < -0.39 is 15.8 Å². The first kappa shape index (κ1) is 23.7. The molecule has 0 radical (unpaired) electrons. The number of nitrogens with zero attached hydrogens (tertiary/aromatic N) is 1. The van der Waals surface area contributed by atoms with Crippen LogP contribution in [-0.2, 0) is 19.6 Å². The number of anilines is 1. The molecule has 2 aromatic rings. The lowest BCUT2D eigenvalue weighted by atomic mass is 9.95. The highest BCUT2D eigenvalue weighted by atomic mass is 32.2. The molecule has 1 saturated heterocycles. The maximum atomic E-state index is 13.1. The SMILES string of the molecule is COCCNC(=O)C1CCN(C(=O)c2cccc(NS(=O)(=O)c3ccc(F)cc3)c2)CC1. The van der Waals surface area contributed by atoms with Crippen molar-refractivity contribution in [2.45, 2.75) is 17.7 Å². The van der Waals surface area contributed by atoms with Crippen LogP contribution in [0.5, 0.6) is 0 Å². The summed E-state index contributed by atoms with van der Waals surface area (Å²) >= 11 is 0. The van der Waals surface area contributed by atoms with E-state index in [4.69, 9.17) is 4.74 Å². The molecule has 1 heterocycles. The fourth-order valence-corrected chi connectivity index (χ4v) is 4.54. The Morgan fingerprint density at radius 2 is 1.81 bits per heavy atom. The number of hydrogen-bond acceptors (Lipinski definition) is 5. The van der Waals surface area contributed by atoms with Gasteiger partial charge in [0.15, 0.2) is 0 Å². The van der Waals surface area contributed by atoms with Gasteiger partial charge in [0.25, 0.3) is 15.9 Å². The summed E-state index contributed by atoms with van der Waals surface area (Å²) in [4.78, 5) is 26.7. The molecule has 10 heteroatoms. The first-order valence-corrected chi connectivity index (χ1v) is 11.7. The monoisotopic (exact) mass is 463 g/mol. The fourth-order valence-electron chi connectivity index (χ4n) is 3.49. The highest BCUT2D eigenvalue weighted by Crippen LogP contribution is 2.22. The maximum absolute atomic E-state index is 13.1. The second-order valence-electron chi connectivity index (χ2n) is 7.49. The Kier molecular flexibility index (Phi) is 7.81. The van der Waals surface area contributed by atoms with Crippen LogP contribution in [0.4, 0.5) is 10.1 Å². The smallest absolute Gasteiger partial charge is 0.261 e. The van der Waals surface area contributed by atoms with E-state index in [1.165, 1.54) is 24.3 Å². The van der Waals surface area contributed by atoms with Crippen molar-refractivity contribution in [2.75, 3.05) is 38.1 Å². The summed E-state index contributed by atoms with van der Waals surface area (Å²) in [6, 6.07) is 10.7. The number of hydrogen-bond donors (Lipinski definition) is 2. The lowest BCUT2D eigenvalue weighted by molar-refractivity contribution is -0.126. The van der Waals surface area contributed by atoms with Crippen molar-refractivity contribution in [3.8, 4) is 0 Å². The molecule has 2 N–H and O–H groups in total. The average molecular weight is 464 g/mol. The number of rotatable bonds is 8. The quantitative estimate of drug-likeness (QED) is 0.585. The van der Waals surface area contributed by atoms with Crippen LogP contribution >= 0.6 is 0 Å². The van der Waals surface area contributed by atoms with Crippen LogP contribution < -0.4 is 10.0 Å². The van der Waals surface area contributed by atoms with Crippen molar-refractivity contribution in [1.82, 2.24) is 10.2 Å². The molecule has 8 nitrogen and oxygen atoms in total. The molecule has 0 spiro atoms. The second kappa shape index (κ2) is 10.6. The van der Waals surface area contributed by atoms with Gasteiger partial charge in [0, 0.05) is 43.9 Å². The molecule has 0 atom stereocenters. The van der Waals surface area contributed by atoms with Gasteiger partial charge in [-0.15, -0.1) is 0 Å². The highest BCUT2D eigenvalue weighted by Gasteiger charge is 2.28. The molecule has 0 aliphatic carbocycles. The van der Waals surface area contributed by atoms with Gasteiger partial charge in [0.2, 0.25) is 5.91 Å². The summed E-state index contributed by atoms with van der Waals surface area (Å²) in [5.74, 6) is -0.949. The number of likely N-dealkylation sites (tertiary alicyclic amines) is 1. The van der Waals surface area contributed by atoms with E-state index in [0.29, 0.717) is 44.6 Å². The minimum atomic E-state index is -3.92. The molecule has 3 rings (SSSR count). The molecule has 32 heavy (non-hydrogen) atoms. The largest absolute Gasteiger partial charge is 0.383 e. The van der Waals surface area contributed by atoms with Crippen LogP contribution in [0, 0.1) is 11.7 Å². The van der Waals surface area contributed by atoms with E-state index in [1.54, 1.807) is 24.1 Å². The number of halogens is 1. The Hall–Kier alpha value is -2.98. The number of nitrogens with one attached hydrogen (secondary N) is 2. The summed E-state index contributed by atoms with van der Waals surface area (Å²) in [6.07, 6.45) is 1.11. The topological polar surface area (TPSA) is 105 Å². The summed E-state index contributed by atoms with van der Waals surface area (Å²) in [7, 11) is -2.35. The van der Waals surface area contributed by atoms with Crippen molar-refractivity contribution in [3.63, 3.8) is 0 Å². The number of ether oxygens (including phenoxy) is 1. The van der Waals surface area contributed by atoms with Gasteiger partial charge in [-0.1, -0.05) is 6.07 Å². The lowest BCUT2D eigenvalue weighted by Gasteiger charge is -2.31. The highest BCUT2D eigenvalue weighted by molar-refractivity contribution is 7.92. The van der Waals surface area contributed by atoms with Gasteiger partial charge in [0.1, 0.15) is 5.82 Å². The summed E-state index contributed by atoms with van der Waals surface area (Å²) in [6.45, 7) is 1.78. The molecular formula is C22H26FN3O5S. The molecule has 172 valence electrons. The summed E-state index contributed by atoms with van der Waals surface area (Å²) in [5.41, 5.74) is 0.569. The number of carbonyl (C=O) groups is 2. The predicted molar refractivity (Wildman–Crippen MR) is 117 cm³/mol. The van der Waals surface area contributed by atoms with E-state index >= 15 is 0 Å². The summed E-state index contributed by atoms with van der Waals surface area (Å²) in [5, 5.41) is 2.82. The third kappa shape index (κ3) is 6.04. The van der Waals surface area contributed by atoms with Gasteiger partial charge in [0.05, 0.1) is 11.5 Å². The van der Waals surface area contributed by atoms with Crippen molar-refractivity contribution in [3.05, 3.63) is 59.9 Å². The molecule has 2 aromatic carbocycles. The zero-order valence-corrected chi connectivity index (χ0v) is 18.5. The number of benzene rings is 2.